The second-order valence-corrected chi connectivity index (χ2v) is 5.23. The van der Waals surface area contributed by atoms with Gasteiger partial charge < -0.3 is 19.9 Å². The lowest BCUT2D eigenvalue weighted by Gasteiger charge is -2.40. The van der Waals surface area contributed by atoms with Crippen molar-refractivity contribution in [2.45, 2.75) is 19.4 Å². The number of ether oxygens (including phenoxy) is 1. The zero-order valence-electron chi connectivity index (χ0n) is 11.1. The normalized spacial score (nSPS) is 22.6. The Hall–Kier alpha value is -1.14. The molecule has 0 radical (unpaired) electrons. The lowest BCUT2D eigenvalue weighted by atomic mass is 10.0. The minimum atomic E-state index is -0.184. The number of amides is 2. The van der Waals surface area contributed by atoms with Gasteiger partial charge in [-0.3, -0.25) is 9.59 Å². The Morgan fingerprint density at radius 3 is 2.17 bits per heavy atom. The molecular formula is C12H21N3O3. The summed E-state index contributed by atoms with van der Waals surface area (Å²) < 4.78 is 5.62. The highest BCUT2D eigenvalue weighted by molar-refractivity contribution is 5.78. The van der Waals surface area contributed by atoms with Crippen LogP contribution >= 0.6 is 0 Å². The highest BCUT2D eigenvalue weighted by atomic mass is 16.5. The van der Waals surface area contributed by atoms with Gasteiger partial charge >= 0.3 is 0 Å². The Morgan fingerprint density at radius 2 is 1.72 bits per heavy atom. The highest BCUT2D eigenvalue weighted by Gasteiger charge is 2.34. The van der Waals surface area contributed by atoms with Crippen molar-refractivity contribution in [2.24, 2.45) is 0 Å². The molecule has 6 heteroatoms. The van der Waals surface area contributed by atoms with E-state index in [1.54, 1.807) is 16.7 Å². The maximum atomic E-state index is 11.9. The first-order valence-electron chi connectivity index (χ1n) is 6.38. The van der Waals surface area contributed by atoms with Crippen molar-refractivity contribution < 1.29 is 14.3 Å². The van der Waals surface area contributed by atoms with Crippen LogP contribution < -0.4 is 5.32 Å². The number of carbonyl (C=O) groups excluding carboxylic acids is 2. The van der Waals surface area contributed by atoms with Gasteiger partial charge in [-0.05, 0) is 6.92 Å². The summed E-state index contributed by atoms with van der Waals surface area (Å²) in [4.78, 5) is 26.6. The van der Waals surface area contributed by atoms with Crippen LogP contribution in [0.1, 0.15) is 13.8 Å². The maximum absolute atomic E-state index is 11.9. The molecule has 2 aliphatic rings. The molecule has 18 heavy (non-hydrogen) atoms. The summed E-state index contributed by atoms with van der Waals surface area (Å²) in [6, 6.07) is 0. The van der Waals surface area contributed by atoms with Crippen LogP contribution in [0.2, 0.25) is 0 Å². The van der Waals surface area contributed by atoms with Crippen molar-refractivity contribution in [2.75, 3.05) is 45.9 Å². The van der Waals surface area contributed by atoms with Gasteiger partial charge in [0.1, 0.15) is 6.61 Å². The molecule has 2 rings (SSSR count). The summed E-state index contributed by atoms with van der Waals surface area (Å²) in [5.41, 5.74) is -0.184. The second-order valence-electron chi connectivity index (χ2n) is 5.23. The van der Waals surface area contributed by atoms with Crippen molar-refractivity contribution >= 4 is 11.8 Å². The molecule has 0 spiro atoms. The lowest BCUT2D eigenvalue weighted by Crippen LogP contribution is -2.60. The van der Waals surface area contributed by atoms with Crippen molar-refractivity contribution in [1.29, 1.82) is 0 Å². The quantitative estimate of drug-likeness (QED) is 0.707. The van der Waals surface area contributed by atoms with E-state index in [9.17, 15) is 9.59 Å². The van der Waals surface area contributed by atoms with Crippen LogP contribution in [0.5, 0.6) is 0 Å². The SMILES string of the molecule is CC(=O)N1CCN(C(=O)COC2(C)CNC2)CC1. The predicted molar refractivity (Wildman–Crippen MR) is 66.1 cm³/mol. The third kappa shape index (κ3) is 3.00. The monoisotopic (exact) mass is 255 g/mol. The fraction of sp³-hybridized carbons (Fsp3) is 0.833. The van der Waals surface area contributed by atoms with Gasteiger partial charge in [-0.25, -0.2) is 0 Å². The average Bonchev–Trinajstić information content (AvgIpc) is 2.33. The molecule has 0 aromatic heterocycles. The summed E-state index contributed by atoms with van der Waals surface area (Å²) >= 11 is 0. The van der Waals surface area contributed by atoms with E-state index < -0.39 is 0 Å². The molecule has 2 fully saturated rings. The Morgan fingerprint density at radius 1 is 1.17 bits per heavy atom. The van der Waals surface area contributed by atoms with Crippen LogP contribution in [-0.2, 0) is 14.3 Å². The Labute approximate surface area is 107 Å². The number of rotatable bonds is 3. The summed E-state index contributed by atoms with van der Waals surface area (Å²) in [5, 5.41) is 3.13. The predicted octanol–water partition coefficient (Wildman–Crippen LogP) is -0.944. The van der Waals surface area contributed by atoms with Gasteiger partial charge in [0, 0.05) is 46.2 Å². The summed E-state index contributed by atoms with van der Waals surface area (Å²) in [6.45, 7) is 7.78. The largest absolute Gasteiger partial charge is 0.363 e. The fourth-order valence-corrected chi connectivity index (χ4v) is 2.18. The smallest absolute Gasteiger partial charge is 0.248 e. The van der Waals surface area contributed by atoms with Crippen LogP contribution in [0.4, 0.5) is 0 Å². The molecule has 2 heterocycles. The summed E-state index contributed by atoms with van der Waals surface area (Å²) in [5.74, 6) is 0.0951. The number of nitrogens with zero attached hydrogens (tertiary/aromatic N) is 2. The van der Waals surface area contributed by atoms with E-state index in [0.29, 0.717) is 26.2 Å². The second kappa shape index (κ2) is 5.24. The molecule has 0 saturated carbocycles. The van der Waals surface area contributed by atoms with Crippen molar-refractivity contribution in [3.8, 4) is 0 Å². The summed E-state index contributed by atoms with van der Waals surface area (Å²) in [7, 11) is 0. The minimum Gasteiger partial charge on any atom is -0.363 e. The Kier molecular flexibility index (Phi) is 3.87. The van der Waals surface area contributed by atoms with Crippen LogP contribution in [-0.4, -0.2) is 73.1 Å². The molecule has 0 aromatic rings. The number of hydrogen-bond donors (Lipinski definition) is 1. The maximum Gasteiger partial charge on any atom is 0.248 e. The van der Waals surface area contributed by atoms with Crippen LogP contribution in [0.3, 0.4) is 0 Å². The third-order valence-electron chi connectivity index (χ3n) is 3.62. The first-order valence-corrected chi connectivity index (χ1v) is 6.38. The molecule has 0 bridgehead atoms. The number of hydrogen-bond acceptors (Lipinski definition) is 4. The highest BCUT2D eigenvalue weighted by Crippen LogP contribution is 2.15. The minimum absolute atomic E-state index is 0.0197. The molecule has 1 N–H and O–H groups in total. The standard InChI is InChI=1S/C12H21N3O3/c1-10(16)14-3-5-15(6-4-14)11(17)7-18-12(2)8-13-9-12/h13H,3-9H2,1-2H3. The van der Waals surface area contributed by atoms with Gasteiger partial charge in [-0.2, -0.15) is 0 Å². The van der Waals surface area contributed by atoms with E-state index in [1.165, 1.54) is 0 Å². The van der Waals surface area contributed by atoms with Crippen LogP contribution in [0, 0.1) is 0 Å². The molecular weight excluding hydrogens is 234 g/mol. The fourth-order valence-electron chi connectivity index (χ4n) is 2.18. The van der Waals surface area contributed by atoms with E-state index in [2.05, 4.69) is 5.32 Å². The van der Waals surface area contributed by atoms with E-state index in [0.717, 1.165) is 13.1 Å². The molecule has 2 saturated heterocycles. The number of piperazine rings is 1. The molecule has 102 valence electrons. The molecule has 0 unspecified atom stereocenters. The van der Waals surface area contributed by atoms with Gasteiger partial charge in [0.25, 0.3) is 0 Å². The number of carbonyl (C=O) groups is 2. The van der Waals surface area contributed by atoms with Crippen molar-refractivity contribution in [3.63, 3.8) is 0 Å². The van der Waals surface area contributed by atoms with Gasteiger partial charge in [-0.15, -0.1) is 0 Å². The first-order chi connectivity index (χ1) is 8.50. The van der Waals surface area contributed by atoms with Gasteiger partial charge in [0.15, 0.2) is 0 Å². The lowest BCUT2D eigenvalue weighted by molar-refractivity contribution is -0.149. The van der Waals surface area contributed by atoms with E-state index in [1.807, 2.05) is 6.92 Å². The van der Waals surface area contributed by atoms with Crippen LogP contribution in [0.15, 0.2) is 0 Å². The molecule has 6 nitrogen and oxygen atoms in total. The Bertz CT molecular complexity index is 333. The van der Waals surface area contributed by atoms with Gasteiger partial charge in [0.05, 0.1) is 5.60 Å². The zero-order chi connectivity index (χ0) is 13.2. The molecule has 0 aliphatic carbocycles. The molecule has 2 aliphatic heterocycles. The molecule has 0 aromatic carbocycles. The average molecular weight is 255 g/mol. The Balaban J connectivity index is 1.72. The van der Waals surface area contributed by atoms with Crippen molar-refractivity contribution in [1.82, 2.24) is 15.1 Å². The third-order valence-corrected chi connectivity index (χ3v) is 3.62. The topological polar surface area (TPSA) is 61.9 Å². The van der Waals surface area contributed by atoms with Crippen molar-refractivity contribution in [3.05, 3.63) is 0 Å². The van der Waals surface area contributed by atoms with Gasteiger partial charge in [-0.1, -0.05) is 0 Å². The van der Waals surface area contributed by atoms with E-state index in [4.69, 9.17) is 4.74 Å². The molecule has 2 amide bonds. The summed E-state index contributed by atoms with van der Waals surface area (Å²) in [6.07, 6.45) is 0. The molecule has 0 atom stereocenters. The number of nitrogens with one attached hydrogen (secondary N) is 1. The van der Waals surface area contributed by atoms with Crippen LogP contribution in [0.25, 0.3) is 0 Å². The first kappa shape index (κ1) is 13.3. The van der Waals surface area contributed by atoms with E-state index >= 15 is 0 Å². The van der Waals surface area contributed by atoms with Gasteiger partial charge in [0.2, 0.25) is 11.8 Å². The zero-order valence-corrected chi connectivity index (χ0v) is 11.1. The van der Waals surface area contributed by atoms with E-state index in [-0.39, 0.29) is 24.0 Å².